The first-order valence-corrected chi connectivity index (χ1v) is 9.08. The van der Waals surface area contributed by atoms with Crippen LogP contribution in [-0.4, -0.2) is 30.8 Å². The van der Waals surface area contributed by atoms with Crippen LogP contribution in [-0.2, 0) is 13.7 Å². The molecule has 1 saturated heterocycles. The third kappa shape index (κ3) is 3.08. The van der Waals surface area contributed by atoms with Crippen LogP contribution in [0.3, 0.4) is 0 Å². The summed E-state index contributed by atoms with van der Waals surface area (Å²) < 4.78 is 18.3. The van der Waals surface area contributed by atoms with Crippen molar-refractivity contribution in [3.05, 3.63) is 64.9 Å². The predicted molar refractivity (Wildman–Crippen MR) is 100 cm³/mol. The number of nitrogens with zero attached hydrogens (tertiary/aromatic N) is 5. The van der Waals surface area contributed by atoms with E-state index in [0.29, 0.717) is 28.9 Å². The average Bonchev–Trinajstić information content (AvgIpc) is 3.23. The fraction of sp³-hybridized carbons (Fsp3) is 0.316. The Balaban J connectivity index is 1.64. The first-order chi connectivity index (χ1) is 12.6. The van der Waals surface area contributed by atoms with Crippen LogP contribution in [0.5, 0.6) is 0 Å². The minimum Gasteiger partial charge on any atom is -0.303 e. The van der Waals surface area contributed by atoms with Crippen molar-refractivity contribution >= 4 is 12.2 Å². The Morgan fingerprint density at radius 2 is 2.08 bits per heavy atom. The lowest BCUT2D eigenvalue weighted by molar-refractivity contribution is 0.189. The monoisotopic (exact) mass is 369 g/mol. The second-order valence-electron chi connectivity index (χ2n) is 6.54. The van der Waals surface area contributed by atoms with Gasteiger partial charge in [0.15, 0.2) is 10.6 Å². The Morgan fingerprint density at radius 3 is 2.85 bits per heavy atom. The van der Waals surface area contributed by atoms with Crippen molar-refractivity contribution in [2.75, 3.05) is 6.54 Å². The summed E-state index contributed by atoms with van der Waals surface area (Å²) in [5.41, 5.74) is 1.67. The molecule has 4 rings (SSSR count). The summed E-state index contributed by atoms with van der Waals surface area (Å²) in [5.74, 6) is 0.252. The molecule has 0 amide bonds. The number of aromatic nitrogens is 4. The lowest BCUT2D eigenvalue weighted by Crippen LogP contribution is -2.27. The molecule has 0 radical (unpaired) electrons. The van der Waals surface area contributed by atoms with Crippen LogP contribution in [0.15, 0.2) is 48.8 Å². The number of hydrogen-bond acceptors (Lipinski definition) is 4. The van der Waals surface area contributed by atoms with Crippen molar-refractivity contribution in [3.63, 3.8) is 0 Å². The largest absolute Gasteiger partial charge is 0.303 e. The molecule has 1 aromatic carbocycles. The van der Waals surface area contributed by atoms with Crippen LogP contribution in [0.1, 0.15) is 24.4 Å². The molecule has 1 fully saturated rings. The molecule has 3 aromatic rings. The predicted octanol–water partition coefficient (Wildman–Crippen LogP) is 3.95. The topological polar surface area (TPSA) is 38.9 Å². The SMILES string of the molecule is Cn1c(-c2ccccc2F)nn(CN2CCCC2c2cccnc2)c1=S. The minimum atomic E-state index is -0.294. The highest BCUT2D eigenvalue weighted by molar-refractivity contribution is 7.71. The number of rotatable bonds is 4. The van der Waals surface area contributed by atoms with Gasteiger partial charge < -0.3 is 4.57 Å². The van der Waals surface area contributed by atoms with Gasteiger partial charge in [0.1, 0.15) is 5.82 Å². The highest BCUT2D eigenvalue weighted by Gasteiger charge is 2.27. The van der Waals surface area contributed by atoms with Gasteiger partial charge in [-0.2, -0.15) is 5.10 Å². The van der Waals surface area contributed by atoms with Gasteiger partial charge in [-0.25, -0.2) is 9.07 Å². The van der Waals surface area contributed by atoms with Gasteiger partial charge in [-0.3, -0.25) is 9.88 Å². The van der Waals surface area contributed by atoms with E-state index in [-0.39, 0.29) is 5.82 Å². The Kier molecular flexibility index (Phi) is 4.65. The molecular formula is C19H20FN5S. The maximum atomic E-state index is 14.2. The summed E-state index contributed by atoms with van der Waals surface area (Å²) >= 11 is 5.55. The van der Waals surface area contributed by atoms with Crippen LogP contribution in [0, 0.1) is 10.6 Å². The zero-order valence-electron chi connectivity index (χ0n) is 14.5. The molecule has 3 heterocycles. The summed E-state index contributed by atoms with van der Waals surface area (Å²) in [7, 11) is 1.83. The average molecular weight is 369 g/mol. The van der Waals surface area contributed by atoms with E-state index in [1.54, 1.807) is 33.6 Å². The van der Waals surface area contributed by atoms with E-state index in [0.717, 1.165) is 19.4 Å². The molecule has 134 valence electrons. The fourth-order valence-electron chi connectivity index (χ4n) is 3.58. The Labute approximate surface area is 156 Å². The van der Waals surface area contributed by atoms with E-state index >= 15 is 0 Å². The Hall–Kier alpha value is -2.38. The normalized spacial score (nSPS) is 17.7. The van der Waals surface area contributed by atoms with E-state index in [1.165, 1.54) is 11.6 Å². The Morgan fingerprint density at radius 1 is 1.23 bits per heavy atom. The van der Waals surface area contributed by atoms with Crippen LogP contribution < -0.4 is 0 Å². The lowest BCUT2D eigenvalue weighted by atomic mass is 10.1. The van der Waals surface area contributed by atoms with Crippen LogP contribution in [0.4, 0.5) is 4.39 Å². The molecule has 0 aliphatic carbocycles. The maximum absolute atomic E-state index is 14.2. The molecule has 1 aliphatic rings. The van der Waals surface area contributed by atoms with Crippen molar-refractivity contribution < 1.29 is 4.39 Å². The molecule has 5 nitrogen and oxygen atoms in total. The summed E-state index contributed by atoms with van der Waals surface area (Å²) in [5, 5.41) is 4.61. The summed E-state index contributed by atoms with van der Waals surface area (Å²) in [6, 6.07) is 11.0. The number of hydrogen-bond donors (Lipinski definition) is 0. The van der Waals surface area contributed by atoms with E-state index in [9.17, 15) is 4.39 Å². The van der Waals surface area contributed by atoms with Crippen LogP contribution in [0.25, 0.3) is 11.4 Å². The minimum absolute atomic E-state index is 0.294. The van der Waals surface area contributed by atoms with E-state index in [1.807, 2.05) is 19.3 Å². The van der Waals surface area contributed by atoms with Crippen LogP contribution in [0.2, 0.25) is 0 Å². The molecule has 0 spiro atoms. The molecule has 2 aromatic heterocycles. The number of halogens is 1. The molecule has 26 heavy (non-hydrogen) atoms. The molecule has 0 bridgehead atoms. The molecule has 0 N–H and O–H groups in total. The number of benzene rings is 1. The Bertz CT molecular complexity index is 966. The quantitative estimate of drug-likeness (QED) is 0.653. The first-order valence-electron chi connectivity index (χ1n) is 8.68. The maximum Gasteiger partial charge on any atom is 0.199 e. The van der Waals surface area contributed by atoms with Gasteiger partial charge in [0.25, 0.3) is 0 Å². The van der Waals surface area contributed by atoms with Crippen molar-refractivity contribution in [2.24, 2.45) is 7.05 Å². The zero-order chi connectivity index (χ0) is 18.1. The molecule has 1 unspecified atom stereocenters. The summed E-state index contributed by atoms with van der Waals surface area (Å²) in [6.45, 7) is 1.56. The smallest absolute Gasteiger partial charge is 0.199 e. The van der Waals surface area contributed by atoms with Gasteiger partial charge in [0, 0.05) is 32.0 Å². The second kappa shape index (κ2) is 7.09. The van der Waals surface area contributed by atoms with E-state index < -0.39 is 0 Å². The van der Waals surface area contributed by atoms with Gasteiger partial charge in [-0.05, 0) is 48.8 Å². The fourth-order valence-corrected chi connectivity index (χ4v) is 3.76. The summed E-state index contributed by atoms with van der Waals surface area (Å²) in [4.78, 5) is 6.59. The van der Waals surface area contributed by atoms with Gasteiger partial charge in [-0.1, -0.05) is 18.2 Å². The van der Waals surface area contributed by atoms with Gasteiger partial charge in [-0.15, -0.1) is 0 Å². The molecule has 7 heteroatoms. The van der Waals surface area contributed by atoms with E-state index in [2.05, 4.69) is 21.0 Å². The van der Waals surface area contributed by atoms with Crippen molar-refractivity contribution in [1.29, 1.82) is 0 Å². The van der Waals surface area contributed by atoms with Crippen LogP contribution >= 0.6 is 12.2 Å². The lowest BCUT2D eigenvalue weighted by Gasteiger charge is -2.24. The number of pyridine rings is 1. The molecule has 1 aliphatic heterocycles. The van der Waals surface area contributed by atoms with Crippen molar-refractivity contribution in [1.82, 2.24) is 24.2 Å². The standard InChI is InChI=1S/C19H20FN5S/c1-23-18(15-7-2-3-8-16(15)20)22-25(19(23)26)13-24-11-5-9-17(24)14-6-4-10-21-12-14/h2-4,6-8,10,12,17H,5,9,11,13H2,1H3. The zero-order valence-corrected chi connectivity index (χ0v) is 15.4. The third-order valence-corrected chi connectivity index (χ3v) is 5.39. The molecule has 0 saturated carbocycles. The third-order valence-electron chi connectivity index (χ3n) is 4.90. The highest BCUT2D eigenvalue weighted by Crippen LogP contribution is 2.32. The second-order valence-corrected chi connectivity index (χ2v) is 6.91. The number of likely N-dealkylation sites (tertiary alicyclic amines) is 1. The van der Waals surface area contributed by atoms with Gasteiger partial charge in [0.2, 0.25) is 0 Å². The molecule has 1 atom stereocenters. The first kappa shape index (κ1) is 17.1. The van der Waals surface area contributed by atoms with Crippen molar-refractivity contribution in [3.8, 4) is 11.4 Å². The van der Waals surface area contributed by atoms with E-state index in [4.69, 9.17) is 12.2 Å². The van der Waals surface area contributed by atoms with Crippen molar-refractivity contribution in [2.45, 2.75) is 25.6 Å². The van der Waals surface area contributed by atoms with Gasteiger partial charge in [0.05, 0.1) is 12.2 Å². The summed E-state index contributed by atoms with van der Waals surface area (Å²) in [6.07, 6.45) is 5.93. The highest BCUT2D eigenvalue weighted by atomic mass is 32.1. The molecular weight excluding hydrogens is 349 g/mol. The van der Waals surface area contributed by atoms with Gasteiger partial charge >= 0.3 is 0 Å².